The molecule has 1 N–H and O–H groups in total. The minimum atomic E-state index is -1.98. The van der Waals surface area contributed by atoms with Crippen molar-refractivity contribution in [2.75, 3.05) is 6.61 Å². The second-order valence-electron chi connectivity index (χ2n) is 3.42. The van der Waals surface area contributed by atoms with E-state index in [0.29, 0.717) is 0 Å². The van der Waals surface area contributed by atoms with E-state index in [9.17, 15) is 18.7 Å². The van der Waals surface area contributed by atoms with Gasteiger partial charge in [0.1, 0.15) is 0 Å². The third-order valence-electron chi connectivity index (χ3n) is 2.15. The fourth-order valence-corrected chi connectivity index (χ4v) is 1.19. The van der Waals surface area contributed by atoms with E-state index in [2.05, 4.69) is 4.74 Å². The van der Waals surface area contributed by atoms with Gasteiger partial charge in [-0.15, -0.1) is 0 Å². The Morgan fingerprint density at radius 1 is 1.44 bits per heavy atom. The Labute approximate surface area is 91.7 Å². The van der Waals surface area contributed by atoms with Gasteiger partial charge in [-0.2, -0.15) is 0 Å². The molecule has 0 spiro atoms. The lowest BCUT2D eigenvalue weighted by molar-refractivity contribution is -0.164. The molecule has 88 valence electrons. The molecule has 0 saturated heterocycles. The second-order valence-corrected chi connectivity index (χ2v) is 3.42. The highest BCUT2D eigenvalue weighted by molar-refractivity contribution is 5.80. The molecular weight excluding hydrogens is 218 g/mol. The summed E-state index contributed by atoms with van der Waals surface area (Å²) in [6.45, 7) is 2.84. The molecule has 3 nitrogen and oxygen atoms in total. The highest BCUT2D eigenvalue weighted by Gasteiger charge is 2.34. The molecular formula is C11H12F2O3. The average molecular weight is 230 g/mol. The number of carbonyl (C=O) groups is 1. The van der Waals surface area contributed by atoms with Crippen LogP contribution in [0.2, 0.25) is 0 Å². The molecule has 1 aromatic carbocycles. The minimum Gasteiger partial charge on any atom is -0.464 e. The van der Waals surface area contributed by atoms with Gasteiger partial charge in [0.2, 0.25) is 0 Å². The lowest BCUT2D eigenvalue weighted by Crippen LogP contribution is -2.34. The minimum absolute atomic E-state index is 0.0511. The van der Waals surface area contributed by atoms with Gasteiger partial charge in [-0.3, -0.25) is 0 Å². The molecule has 0 heterocycles. The molecule has 0 saturated carbocycles. The summed E-state index contributed by atoms with van der Waals surface area (Å²) in [7, 11) is 0. The van der Waals surface area contributed by atoms with Crippen LogP contribution in [0.5, 0.6) is 0 Å². The molecule has 16 heavy (non-hydrogen) atoms. The van der Waals surface area contributed by atoms with Crippen LogP contribution in [-0.2, 0) is 15.1 Å². The van der Waals surface area contributed by atoms with E-state index in [4.69, 9.17) is 0 Å². The maximum absolute atomic E-state index is 12.9. The van der Waals surface area contributed by atoms with Crippen molar-refractivity contribution in [2.24, 2.45) is 0 Å². The van der Waals surface area contributed by atoms with Gasteiger partial charge in [0, 0.05) is 0 Å². The van der Waals surface area contributed by atoms with Crippen LogP contribution >= 0.6 is 0 Å². The predicted molar refractivity (Wildman–Crippen MR) is 52.6 cm³/mol. The van der Waals surface area contributed by atoms with Gasteiger partial charge < -0.3 is 9.84 Å². The van der Waals surface area contributed by atoms with Gasteiger partial charge in [0.05, 0.1) is 6.61 Å². The summed E-state index contributed by atoms with van der Waals surface area (Å²) in [5.74, 6) is -3.06. The van der Waals surface area contributed by atoms with Crippen LogP contribution in [0.15, 0.2) is 18.2 Å². The average Bonchev–Trinajstić information content (AvgIpc) is 2.22. The number of ether oxygens (including phenoxy) is 1. The van der Waals surface area contributed by atoms with Gasteiger partial charge in [0.15, 0.2) is 17.2 Å². The van der Waals surface area contributed by atoms with Crippen molar-refractivity contribution in [3.05, 3.63) is 35.4 Å². The summed E-state index contributed by atoms with van der Waals surface area (Å²) in [6, 6.07) is 2.75. The van der Waals surface area contributed by atoms with Crippen molar-refractivity contribution in [2.45, 2.75) is 19.4 Å². The van der Waals surface area contributed by atoms with E-state index in [1.807, 2.05) is 0 Å². The Bertz CT molecular complexity index is 402. The van der Waals surface area contributed by atoms with Crippen molar-refractivity contribution in [3.63, 3.8) is 0 Å². The molecule has 0 amide bonds. The number of halogens is 2. The van der Waals surface area contributed by atoms with E-state index in [0.717, 1.165) is 25.1 Å². The van der Waals surface area contributed by atoms with Crippen LogP contribution in [-0.4, -0.2) is 17.7 Å². The Morgan fingerprint density at radius 3 is 2.56 bits per heavy atom. The zero-order valence-electron chi connectivity index (χ0n) is 8.96. The van der Waals surface area contributed by atoms with Crippen LogP contribution in [0, 0.1) is 11.6 Å². The molecule has 0 fully saturated rings. The highest BCUT2D eigenvalue weighted by atomic mass is 19.2. The molecule has 1 unspecified atom stereocenters. The van der Waals surface area contributed by atoms with Crippen LogP contribution in [0.3, 0.4) is 0 Å². The standard InChI is InChI=1S/C11H12F2O3/c1-3-16-10(14)11(2,15)7-4-5-8(12)9(13)6-7/h4-6,15H,3H2,1-2H3. The van der Waals surface area contributed by atoms with E-state index in [1.54, 1.807) is 6.92 Å². The number of hydrogen-bond acceptors (Lipinski definition) is 3. The molecule has 5 heteroatoms. The first-order chi connectivity index (χ1) is 7.39. The SMILES string of the molecule is CCOC(=O)C(C)(O)c1ccc(F)c(F)c1. The third kappa shape index (κ3) is 2.36. The predicted octanol–water partition coefficient (Wildman–Crippen LogP) is 1.74. The Morgan fingerprint density at radius 2 is 2.06 bits per heavy atom. The first kappa shape index (κ1) is 12.6. The lowest BCUT2D eigenvalue weighted by atomic mass is 9.96. The van der Waals surface area contributed by atoms with E-state index >= 15 is 0 Å². The van der Waals surface area contributed by atoms with Gasteiger partial charge in [-0.1, -0.05) is 6.07 Å². The summed E-state index contributed by atoms with van der Waals surface area (Å²) in [6.07, 6.45) is 0. The maximum atomic E-state index is 12.9. The molecule has 0 aromatic heterocycles. The first-order valence-corrected chi connectivity index (χ1v) is 4.74. The number of benzene rings is 1. The molecule has 1 rings (SSSR count). The quantitative estimate of drug-likeness (QED) is 0.804. The van der Waals surface area contributed by atoms with Gasteiger partial charge >= 0.3 is 5.97 Å². The van der Waals surface area contributed by atoms with Crippen molar-refractivity contribution in [3.8, 4) is 0 Å². The highest BCUT2D eigenvalue weighted by Crippen LogP contribution is 2.23. The smallest absolute Gasteiger partial charge is 0.342 e. The molecule has 1 aromatic rings. The van der Waals surface area contributed by atoms with Crippen molar-refractivity contribution in [1.29, 1.82) is 0 Å². The van der Waals surface area contributed by atoms with E-state index in [1.165, 1.54) is 0 Å². The lowest BCUT2D eigenvalue weighted by Gasteiger charge is -2.21. The number of hydrogen-bond donors (Lipinski definition) is 1. The van der Waals surface area contributed by atoms with Crippen LogP contribution < -0.4 is 0 Å². The van der Waals surface area contributed by atoms with Crippen LogP contribution in [0.25, 0.3) is 0 Å². The first-order valence-electron chi connectivity index (χ1n) is 4.74. The number of rotatable bonds is 3. The molecule has 0 bridgehead atoms. The Kier molecular flexibility index (Phi) is 3.59. The zero-order valence-corrected chi connectivity index (χ0v) is 8.96. The topological polar surface area (TPSA) is 46.5 Å². The number of aliphatic hydroxyl groups is 1. The van der Waals surface area contributed by atoms with E-state index < -0.39 is 23.2 Å². The summed E-state index contributed by atoms with van der Waals surface area (Å²) >= 11 is 0. The molecule has 0 aliphatic heterocycles. The molecule has 0 radical (unpaired) electrons. The maximum Gasteiger partial charge on any atom is 0.342 e. The summed E-state index contributed by atoms with van der Waals surface area (Å²) in [5.41, 5.74) is -2.03. The summed E-state index contributed by atoms with van der Waals surface area (Å²) in [4.78, 5) is 11.4. The monoisotopic (exact) mass is 230 g/mol. The fourth-order valence-electron chi connectivity index (χ4n) is 1.19. The summed E-state index contributed by atoms with van der Waals surface area (Å²) in [5, 5.41) is 9.84. The van der Waals surface area contributed by atoms with Crippen molar-refractivity contribution < 1.29 is 23.4 Å². The Balaban J connectivity index is 3.06. The largest absolute Gasteiger partial charge is 0.464 e. The normalized spacial score (nSPS) is 14.3. The Hall–Kier alpha value is -1.49. The van der Waals surface area contributed by atoms with Crippen LogP contribution in [0.4, 0.5) is 8.78 Å². The van der Waals surface area contributed by atoms with E-state index in [-0.39, 0.29) is 12.2 Å². The summed E-state index contributed by atoms with van der Waals surface area (Å²) < 4.78 is 30.2. The fraction of sp³-hybridized carbons (Fsp3) is 0.364. The number of esters is 1. The zero-order chi connectivity index (χ0) is 12.3. The van der Waals surface area contributed by atoms with Crippen molar-refractivity contribution in [1.82, 2.24) is 0 Å². The third-order valence-corrected chi connectivity index (χ3v) is 2.15. The molecule has 0 aliphatic rings. The second kappa shape index (κ2) is 4.57. The molecule has 1 atom stereocenters. The van der Waals surface area contributed by atoms with Gasteiger partial charge in [-0.05, 0) is 31.5 Å². The number of carbonyl (C=O) groups excluding carboxylic acids is 1. The molecule has 0 aliphatic carbocycles. The van der Waals surface area contributed by atoms with Crippen molar-refractivity contribution >= 4 is 5.97 Å². The van der Waals surface area contributed by atoms with Crippen LogP contribution in [0.1, 0.15) is 19.4 Å². The van der Waals surface area contributed by atoms with Gasteiger partial charge in [-0.25, -0.2) is 13.6 Å². The van der Waals surface area contributed by atoms with Gasteiger partial charge in [0.25, 0.3) is 0 Å².